The fourth-order valence-electron chi connectivity index (χ4n) is 1.15. The summed E-state index contributed by atoms with van der Waals surface area (Å²) in [4.78, 5) is 23.5. The van der Waals surface area contributed by atoms with E-state index in [1.165, 1.54) is 0 Å². The Bertz CT molecular complexity index is 220. The van der Waals surface area contributed by atoms with Crippen LogP contribution in [0.1, 0.15) is 26.2 Å². The summed E-state index contributed by atoms with van der Waals surface area (Å²) in [5.74, 6) is 0.683. The van der Waals surface area contributed by atoms with E-state index >= 15 is 0 Å². The van der Waals surface area contributed by atoms with Gasteiger partial charge >= 0.3 is 6.09 Å². The van der Waals surface area contributed by atoms with Crippen molar-refractivity contribution in [3.63, 3.8) is 0 Å². The van der Waals surface area contributed by atoms with Gasteiger partial charge in [-0.3, -0.25) is 4.79 Å². The highest BCUT2D eigenvalue weighted by atomic mass is 32.2. The molecule has 1 rings (SSSR count). The molecule has 2 amide bonds. The maximum absolute atomic E-state index is 11.3. The molecule has 0 aromatic carbocycles. The smallest absolute Gasteiger partial charge is 0.417 e. The number of carbonyl (C=O) groups excluding carboxylic acids is 2. The Kier molecular flexibility index (Phi) is 4.79. The van der Waals surface area contributed by atoms with Crippen molar-refractivity contribution in [3.8, 4) is 0 Å². The van der Waals surface area contributed by atoms with Gasteiger partial charge in [0, 0.05) is 12.3 Å². The lowest BCUT2D eigenvalue weighted by atomic mass is 10.3. The van der Waals surface area contributed by atoms with Crippen molar-refractivity contribution in [1.29, 1.82) is 0 Å². The van der Waals surface area contributed by atoms with Crippen LogP contribution < -0.4 is 0 Å². The summed E-state index contributed by atoms with van der Waals surface area (Å²) in [6.45, 7) is 2.99. The number of hydrogen-bond acceptors (Lipinski definition) is 4. The van der Waals surface area contributed by atoms with Gasteiger partial charge in [-0.25, -0.2) is 9.69 Å². The van der Waals surface area contributed by atoms with Gasteiger partial charge in [0.2, 0.25) is 0 Å². The van der Waals surface area contributed by atoms with Crippen LogP contribution in [0.5, 0.6) is 0 Å². The molecular formula is C9H15NO3S. The fraction of sp³-hybridized carbons (Fsp3) is 0.778. The van der Waals surface area contributed by atoms with Gasteiger partial charge in [0.15, 0.2) is 0 Å². The number of thioether (sulfide) groups is 1. The number of hydrogen-bond donors (Lipinski definition) is 0. The van der Waals surface area contributed by atoms with E-state index in [0.29, 0.717) is 18.9 Å². The van der Waals surface area contributed by atoms with Crippen molar-refractivity contribution in [2.45, 2.75) is 26.2 Å². The molecule has 1 fully saturated rings. The molecule has 0 N–H and O–H groups in total. The summed E-state index contributed by atoms with van der Waals surface area (Å²) in [6, 6.07) is 0. The van der Waals surface area contributed by atoms with Crippen LogP contribution in [0.4, 0.5) is 9.59 Å². The minimum atomic E-state index is -0.490. The minimum Gasteiger partial charge on any atom is -0.449 e. The predicted octanol–water partition coefficient (Wildman–Crippen LogP) is 2.48. The Hall–Kier alpha value is -0.710. The van der Waals surface area contributed by atoms with Crippen LogP contribution in [0.3, 0.4) is 0 Å². The van der Waals surface area contributed by atoms with Gasteiger partial charge in [-0.2, -0.15) is 0 Å². The maximum atomic E-state index is 11.3. The third kappa shape index (κ3) is 3.21. The minimum absolute atomic E-state index is 0.189. The Morgan fingerprint density at radius 3 is 2.93 bits per heavy atom. The number of ether oxygens (including phenoxy) is 1. The lowest BCUT2D eigenvalue weighted by Gasteiger charge is -2.12. The Morgan fingerprint density at radius 2 is 2.36 bits per heavy atom. The monoisotopic (exact) mass is 217 g/mol. The molecule has 0 radical (unpaired) electrons. The zero-order chi connectivity index (χ0) is 10.4. The number of imide groups is 1. The molecule has 14 heavy (non-hydrogen) atoms. The van der Waals surface area contributed by atoms with Gasteiger partial charge in [0.05, 0.1) is 6.61 Å². The third-order valence-electron chi connectivity index (χ3n) is 1.95. The first-order valence-electron chi connectivity index (χ1n) is 4.86. The van der Waals surface area contributed by atoms with Crippen molar-refractivity contribution in [1.82, 2.24) is 4.90 Å². The molecule has 1 saturated heterocycles. The second-order valence-corrected chi connectivity index (χ2v) is 4.13. The molecule has 0 bridgehead atoms. The average molecular weight is 217 g/mol. The highest BCUT2D eigenvalue weighted by Crippen LogP contribution is 2.17. The SMILES string of the molecule is CCCCCOC(=O)N1CCSC1=O. The molecule has 1 heterocycles. The summed E-state index contributed by atoms with van der Waals surface area (Å²) in [5, 5.41) is -0.189. The average Bonchev–Trinajstić information content (AvgIpc) is 2.59. The first kappa shape index (κ1) is 11.4. The first-order valence-corrected chi connectivity index (χ1v) is 5.85. The van der Waals surface area contributed by atoms with Gasteiger partial charge in [0.1, 0.15) is 0 Å². The molecule has 0 saturated carbocycles. The third-order valence-corrected chi connectivity index (χ3v) is 2.81. The van der Waals surface area contributed by atoms with Gasteiger partial charge in [-0.1, -0.05) is 31.5 Å². The van der Waals surface area contributed by atoms with Gasteiger partial charge in [0.25, 0.3) is 5.24 Å². The molecule has 0 unspecified atom stereocenters. The number of rotatable bonds is 4. The zero-order valence-electron chi connectivity index (χ0n) is 8.32. The molecule has 80 valence electrons. The molecule has 0 atom stereocenters. The van der Waals surface area contributed by atoms with Crippen LogP contribution in [0.2, 0.25) is 0 Å². The van der Waals surface area contributed by atoms with Crippen molar-refractivity contribution < 1.29 is 14.3 Å². The van der Waals surface area contributed by atoms with Crippen molar-refractivity contribution >= 4 is 23.1 Å². The fourth-order valence-corrected chi connectivity index (χ4v) is 1.92. The molecular weight excluding hydrogens is 202 g/mol. The number of unbranched alkanes of at least 4 members (excludes halogenated alkanes) is 2. The summed E-state index contributed by atoms with van der Waals surface area (Å²) in [6.07, 6.45) is 2.53. The quantitative estimate of drug-likeness (QED) is 0.679. The van der Waals surface area contributed by atoms with E-state index in [9.17, 15) is 9.59 Å². The largest absolute Gasteiger partial charge is 0.449 e. The summed E-state index contributed by atoms with van der Waals surface area (Å²) in [7, 11) is 0. The van der Waals surface area contributed by atoms with Crippen LogP contribution in [0.25, 0.3) is 0 Å². The van der Waals surface area contributed by atoms with E-state index in [1.54, 1.807) is 0 Å². The molecule has 5 heteroatoms. The number of carbonyl (C=O) groups is 2. The summed E-state index contributed by atoms with van der Waals surface area (Å²) in [5.41, 5.74) is 0. The molecule has 0 aliphatic carbocycles. The molecule has 0 spiro atoms. The normalized spacial score (nSPS) is 16.1. The van der Waals surface area contributed by atoms with E-state index in [2.05, 4.69) is 6.92 Å². The topological polar surface area (TPSA) is 46.6 Å². The highest BCUT2D eigenvalue weighted by Gasteiger charge is 2.28. The lowest BCUT2D eigenvalue weighted by molar-refractivity contribution is 0.116. The van der Waals surface area contributed by atoms with Crippen molar-refractivity contribution in [2.75, 3.05) is 18.9 Å². The van der Waals surface area contributed by atoms with Gasteiger partial charge in [-0.05, 0) is 6.42 Å². The molecule has 1 aliphatic rings. The Morgan fingerprint density at radius 1 is 1.57 bits per heavy atom. The zero-order valence-corrected chi connectivity index (χ0v) is 9.14. The van der Waals surface area contributed by atoms with Gasteiger partial charge < -0.3 is 4.74 Å². The highest BCUT2D eigenvalue weighted by molar-refractivity contribution is 8.13. The standard InChI is InChI=1S/C9H15NO3S/c1-2-3-4-6-13-8(11)10-5-7-14-9(10)12/h2-7H2,1H3. The van der Waals surface area contributed by atoms with Crippen LogP contribution in [0.15, 0.2) is 0 Å². The predicted molar refractivity (Wildman–Crippen MR) is 55.4 cm³/mol. The molecule has 4 nitrogen and oxygen atoms in total. The molecule has 1 aliphatic heterocycles. The Labute approximate surface area is 88.0 Å². The van der Waals surface area contributed by atoms with Crippen LogP contribution >= 0.6 is 11.8 Å². The van der Waals surface area contributed by atoms with E-state index < -0.39 is 6.09 Å². The van der Waals surface area contributed by atoms with Crippen LogP contribution in [-0.4, -0.2) is 35.1 Å². The molecule has 0 aromatic rings. The van der Waals surface area contributed by atoms with E-state index in [4.69, 9.17) is 4.74 Å². The molecule has 0 aromatic heterocycles. The number of nitrogens with zero attached hydrogens (tertiary/aromatic N) is 1. The van der Waals surface area contributed by atoms with Crippen molar-refractivity contribution in [3.05, 3.63) is 0 Å². The van der Waals surface area contributed by atoms with Crippen molar-refractivity contribution in [2.24, 2.45) is 0 Å². The summed E-state index contributed by atoms with van der Waals surface area (Å²) >= 11 is 1.16. The van der Waals surface area contributed by atoms with Crippen LogP contribution in [-0.2, 0) is 4.74 Å². The Balaban J connectivity index is 2.18. The second kappa shape index (κ2) is 5.90. The van der Waals surface area contributed by atoms with Crippen LogP contribution in [0, 0.1) is 0 Å². The first-order chi connectivity index (χ1) is 6.75. The maximum Gasteiger partial charge on any atom is 0.417 e. The number of amides is 2. The summed E-state index contributed by atoms with van der Waals surface area (Å²) < 4.78 is 4.95. The van der Waals surface area contributed by atoms with E-state index in [1.807, 2.05) is 0 Å². The van der Waals surface area contributed by atoms with Gasteiger partial charge in [-0.15, -0.1) is 0 Å². The second-order valence-electron chi connectivity index (χ2n) is 3.09. The lowest BCUT2D eigenvalue weighted by Crippen LogP contribution is -2.31. The van der Waals surface area contributed by atoms with E-state index in [-0.39, 0.29) is 5.24 Å². The van der Waals surface area contributed by atoms with E-state index in [0.717, 1.165) is 35.9 Å².